The molecular formula is C18H16N2O. The zero-order valence-corrected chi connectivity index (χ0v) is 11.6. The number of aromatic nitrogens is 1. The maximum Gasteiger partial charge on any atom is 0.214 e. The topological polar surface area (TPSA) is 33.2 Å². The van der Waals surface area contributed by atoms with E-state index in [2.05, 4.69) is 23.2 Å². The van der Waals surface area contributed by atoms with Crippen LogP contribution >= 0.6 is 0 Å². The van der Waals surface area contributed by atoms with Gasteiger partial charge in [-0.1, -0.05) is 42.5 Å². The molecule has 0 aliphatic carbocycles. The molecule has 21 heavy (non-hydrogen) atoms. The molecular weight excluding hydrogens is 260 g/mol. The fourth-order valence-electron chi connectivity index (χ4n) is 2.49. The lowest BCUT2D eigenvalue weighted by Crippen LogP contribution is -2.16. The zero-order valence-electron chi connectivity index (χ0n) is 11.6. The largest absolute Gasteiger partial charge is 0.314 e. The van der Waals surface area contributed by atoms with Crippen LogP contribution in [0.5, 0.6) is 0 Å². The monoisotopic (exact) mass is 276 g/mol. The average Bonchev–Trinajstić information content (AvgIpc) is 2.99. The molecule has 1 aromatic heterocycles. The zero-order chi connectivity index (χ0) is 14.5. The highest BCUT2D eigenvalue weighted by atomic mass is 16.1. The van der Waals surface area contributed by atoms with Crippen LogP contribution < -0.4 is 4.90 Å². The van der Waals surface area contributed by atoms with Gasteiger partial charge in [-0.3, -0.25) is 9.78 Å². The third-order valence-corrected chi connectivity index (χ3v) is 3.56. The van der Waals surface area contributed by atoms with Crippen molar-refractivity contribution in [2.24, 2.45) is 0 Å². The summed E-state index contributed by atoms with van der Waals surface area (Å²) in [6.45, 7) is 0.836. The Morgan fingerprint density at radius 3 is 2.57 bits per heavy atom. The summed E-state index contributed by atoms with van der Waals surface area (Å²) in [6, 6.07) is 20.1. The van der Waals surface area contributed by atoms with E-state index in [1.54, 1.807) is 4.90 Å². The first kappa shape index (κ1) is 13.3. The van der Waals surface area contributed by atoms with Gasteiger partial charge in [-0.2, -0.15) is 0 Å². The Hall–Kier alpha value is -2.68. The lowest BCUT2D eigenvalue weighted by Gasteiger charge is -2.08. The molecule has 1 amide bonds. The number of carbonyl (C=O) groups excluding carboxylic acids is 1. The quantitative estimate of drug-likeness (QED) is 0.638. The molecule has 0 bridgehead atoms. The first-order valence-electron chi connectivity index (χ1n) is 6.98. The highest BCUT2D eigenvalue weighted by molar-refractivity contribution is 5.79. The van der Waals surface area contributed by atoms with E-state index in [9.17, 15) is 4.79 Å². The second-order valence-electron chi connectivity index (χ2n) is 4.87. The highest BCUT2D eigenvalue weighted by Crippen LogP contribution is 2.25. The van der Waals surface area contributed by atoms with Crippen molar-refractivity contribution in [3.05, 3.63) is 72.4 Å². The molecule has 2 heterocycles. The van der Waals surface area contributed by atoms with Crippen molar-refractivity contribution in [2.45, 2.75) is 6.42 Å². The van der Waals surface area contributed by atoms with Gasteiger partial charge in [0.15, 0.2) is 0 Å². The van der Waals surface area contributed by atoms with E-state index < -0.39 is 0 Å². The Balaban J connectivity index is 0.000000126. The van der Waals surface area contributed by atoms with Crippen molar-refractivity contribution in [1.29, 1.82) is 0 Å². The van der Waals surface area contributed by atoms with E-state index in [0.29, 0.717) is 0 Å². The smallest absolute Gasteiger partial charge is 0.214 e. The number of para-hydroxylation sites is 2. The van der Waals surface area contributed by atoms with Gasteiger partial charge in [-0.05, 0) is 30.2 Å². The number of amides is 1. The standard InChI is InChI=1S/C9H9NO.C9H7N/c11-7-10-6-5-8-3-1-2-4-9(8)10;1-2-6-9-8(4-1)5-3-7-10-9/h1-4,7H,5-6H2;1-7H. The average molecular weight is 276 g/mol. The Morgan fingerprint density at radius 2 is 1.71 bits per heavy atom. The number of rotatable bonds is 1. The van der Waals surface area contributed by atoms with Gasteiger partial charge < -0.3 is 4.90 Å². The second kappa shape index (κ2) is 6.18. The molecule has 0 fully saturated rings. The number of hydrogen-bond donors (Lipinski definition) is 0. The van der Waals surface area contributed by atoms with E-state index in [-0.39, 0.29) is 0 Å². The van der Waals surface area contributed by atoms with Crippen molar-refractivity contribution in [3.8, 4) is 0 Å². The molecule has 2 aromatic carbocycles. The van der Waals surface area contributed by atoms with Crippen LogP contribution in [0.15, 0.2) is 66.9 Å². The van der Waals surface area contributed by atoms with Crippen molar-refractivity contribution >= 4 is 23.0 Å². The number of fused-ring (bicyclic) bond motifs is 2. The summed E-state index contributed by atoms with van der Waals surface area (Å²) >= 11 is 0. The van der Waals surface area contributed by atoms with E-state index in [0.717, 1.165) is 30.6 Å². The van der Waals surface area contributed by atoms with Crippen LogP contribution in [0.2, 0.25) is 0 Å². The molecule has 4 rings (SSSR count). The molecule has 0 saturated heterocycles. The summed E-state index contributed by atoms with van der Waals surface area (Å²) in [7, 11) is 0. The Bertz CT molecular complexity index is 689. The summed E-state index contributed by atoms with van der Waals surface area (Å²) in [6.07, 6.45) is 3.70. The van der Waals surface area contributed by atoms with Crippen LogP contribution in [0.25, 0.3) is 10.9 Å². The van der Waals surface area contributed by atoms with Crippen molar-refractivity contribution in [3.63, 3.8) is 0 Å². The van der Waals surface area contributed by atoms with Gasteiger partial charge in [-0.25, -0.2) is 0 Å². The molecule has 1 aliphatic heterocycles. The van der Waals surface area contributed by atoms with E-state index in [1.807, 2.05) is 48.7 Å². The van der Waals surface area contributed by atoms with Gasteiger partial charge in [0.25, 0.3) is 0 Å². The summed E-state index contributed by atoms with van der Waals surface area (Å²) in [4.78, 5) is 16.4. The molecule has 0 spiro atoms. The summed E-state index contributed by atoms with van der Waals surface area (Å²) in [5.74, 6) is 0. The highest BCUT2D eigenvalue weighted by Gasteiger charge is 2.16. The predicted octanol–water partition coefficient (Wildman–Crippen LogP) is 3.44. The minimum absolute atomic E-state index is 0.836. The van der Waals surface area contributed by atoms with Crippen LogP contribution in [-0.4, -0.2) is 17.9 Å². The third kappa shape index (κ3) is 2.92. The van der Waals surface area contributed by atoms with E-state index in [4.69, 9.17) is 0 Å². The first-order valence-corrected chi connectivity index (χ1v) is 6.98. The minimum Gasteiger partial charge on any atom is -0.314 e. The van der Waals surface area contributed by atoms with Crippen LogP contribution in [0.3, 0.4) is 0 Å². The van der Waals surface area contributed by atoms with Crippen LogP contribution in [0.1, 0.15) is 5.56 Å². The van der Waals surface area contributed by atoms with Gasteiger partial charge >= 0.3 is 0 Å². The fourth-order valence-corrected chi connectivity index (χ4v) is 2.49. The molecule has 0 N–H and O–H groups in total. The minimum atomic E-state index is 0.836. The van der Waals surface area contributed by atoms with Gasteiger partial charge in [0.05, 0.1) is 5.52 Å². The Kier molecular flexibility index (Phi) is 3.92. The first-order chi connectivity index (χ1) is 10.4. The van der Waals surface area contributed by atoms with Gasteiger partial charge in [0.1, 0.15) is 0 Å². The summed E-state index contributed by atoms with van der Waals surface area (Å²) in [5, 5.41) is 1.20. The number of carbonyl (C=O) groups is 1. The molecule has 3 nitrogen and oxygen atoms in total. The molecule has 0 radical (unpaired) electrons. The van der Waals surface area contributed by atoms with Crippen molar-refractivity contribution in [2.75, 3.05) is 11.4 Å². The molecule has 3 heteroatoms. The molecule has 0 saturated carbocycles. The number of anilines is 1. The second-order valence-corrected chi connectivity index (χ2v) is 4.87. The molecule has 0 unspecified atom stereocenters. The van der Waals surface area contributed by atoms with E-state index >= 15 is 0 Å². The lowest BCUT2D eigenvalue weighted by molar-refractivity contribution is -0.107. The molecule has 0 atom stereocenters. The van der Waals surface area contributed by atoms with E-state index in [1.165, 1.54) is 10.9 Å². The number of benzene rings is 2. The fraction of sp³-hybridized carbons (Fsp3) is 0.111. The lowest BCUT2D eigenvalue weighted by atomic mass is 10.2. The number of pyridine rings is 1. The molecule has 104 valence electrons. The number of nitrogens with zero attached hydrogens (tertiary/aromatic N) is 2. The maximum absolute atomic E-state index is 10.5. The molecule has 3 aromatic rings. The van der Waals surface area contributed by atoms with Gasteiger partial charge in [0.2, 0.25) is 6.41 Å². The third-order valence-electron chi connectivity index (χ3n) is 3.56. The van der Waals surface area contributed by atoms with Crippen LogP contribution in [0, 0.1) is 0 Å². The number of hydrogen-bond acceptors (Lipinski definition) is 2. The van der Waals surface area contributed by atoms with Crippen molar-refractivity contribution < 1.29 is 4.79 Å². The van der Waals surface area contributed by atoms with Crippen LogP contribution in [0.4, 0.5) is 5.69 Å². The maximum atomic E-state index is 10.5. The van der Waals surface area contributed by atoms with Gasteiger partial charge in [-0.15, -0.1) is 0 Å². The van der Waals surface area contributed by atoms with Gasteiger partial charge in [0, 0.05) is 23.8 Å². The SMILES string of the molecule is O=CN1CCc2ccccc21.c1ccc2ncccc2c1. The van der Waals surface area contributed by atoms with Crippen LogP contribution in [-0.2, 0) is 11.2 Å². The Labute approximate surface area is 123 Å². The normalized spacial score (nSPS) is 12.5. The Morgan fingerprint density at radius 1 is 0.952 bits per heavy atom. The molecule has 1 aliphatic rings. The summed E-state index contributed by atoms with van der Waals surface area (Å²) < 4.78 is 0. The van der Waals surface area contributed by atoms with Crippen molar-refractivity contribution in [1.82, 2.24) is 4.98 Å². The predicted molar refractivity (Wildman–Crippen MR) is 85.3 cm³/mol. The summed E-state index contributed by atoms with van der Waals surface area (Å²) in [5.41, 5.74) is 3.41.